The Morgan fingerprint density at radius 3 is 2.59 bits per heavy atom. The summed E-state index contributed by atoms with van der Waals surface area (Å²) in [4.78, 5) is 14.6. The summed E-state index contributed by atoms with van der Waals surface area (Å²) in [5.41, 5.74) is 0. The van der Waals surface area contributed by atoms with E-state index < -0.39 is 0 Å². The number of nitrogens with one attached hydrogen (secondary N) is 1. The summed E-state index contributed by atoms with van der Waals surface area (Å²) in [6.07, 6.45) is 5.50. The average molecular weight is 310 g/mol. The monoisotopic (exact) mass is 310 g/mol. The van der Waals surface area contributed by atoms with Crippen molar-refractivity contribution in [1.82, 2.24) is 10.2 Å². The summed E-state index contributed by atoms with van der Waals surface area (Å²) in [6.45, 7) is 7.29. The number of nitrogens with zero attached hydrogens (tertiary/aromatic N) is 1. The van der Waals surface area contributed by atoms with E-state index in [2.05, 4.69) is 5.32 Å². The van der Waals surface area contributed by atoms with Gasteiger partial charge in [-0.3, -0.25) is 4.79 Å². The topological polar surface area (TPSA) is 50.8 Å². The minimum Gasteiger partial charge on any atom is -0.376 e. The van der Waals surface area contributed by atoms with Gasteiger partial charge in [0.05, 0.1) is 12.7 Å². The van der Waals surface area contributed by atoms with Crippen molar-refractivity contribution >= 4 is 5.91 Å². The largest absolute Gasteiger partial charge is 0.376 e. The molecule has 0 aromatic carbocycles. The van der Waals surface area contributed by atoms with E-state index >= 15 is 0 Å². The molecule has 5 heteroatoms. The zero-order valence-corrected chi connectivity index (χ0v) is 13.8. The maximum absolute atomic E-state index is 12.6. The van der Waals surface area contributed by atoms with E-state index in [1.165, 1.54) is 6.42 Å². The molecule has 0 aromatic rings. The van der Waals surface area contributed by atoms with Crippen molar-refractivity contribution in [3.8, 4) is 0 Å². The van der Waals surface area contributed by atoms with Gasteiger partial charge in [0.2, 0.25) is 0 Å². The minimum atomic E-state index is -0.346. The van der Waals surface area contributed by atoms with Crippen molar-refractivity contribution < 1.29 is 14.3 Å². The van der Waals surface area contributed by atoms with Crippen LogP contribution in [0.3, 0.4) is 0 Å². The van der Waals surface area contributed by atoms with Crippen LogP contribution in [0.4, 0.5) is 0 Å². The highest BCUT2D eigenvalue weighted by atomic mass is 16.5. The molecule has 0 spiro atoms. The number of hydrogen-bond donors (Lipinski definition) is 1. The Labute approximate surface area is 133 Å². The smallest absolute Gasteiger partial charge is 0.251 e. The van der Waals surface area contributed by atoms with E-state index in [1.807, 2.05) is 11.8 Å². The van der Waals surface area contributed by atoms with Crippen molar-refractivity contribution in [2.24, 2.45) is 11.8 Å². The van der Waals surface area contributed by atoms with Gasteiger partial charge in [-0.2, -0.15) is 0 Å². The average Bonchev–Trinajstić information content (AvgIpc) is 2.91. The first-order chi connectivity index (χ1) is 10.7. The molecule has 22 heavy (non-hydrogen) atoms. The first kappa shape index (κ1) is 16.2. The number of amides is 1. The van der Waals surface area contributed by atoms with E-state index in [0.717, 1.165) is 70.3 Å². The van der Waals surface area contributed by atoms with Gasteiger partial charge in [-0.05, 0) is 64.0 Å². The Hall–Kier alpha value is -0.650. The molecule has 4 atom stereocenters. The van der Waals surface area contributed by atoms with Crippen molar-refractivity contribution in [1.29, 1.82) is 0 Å². The Kier molecular flexibility index (Phi) is 5.71. The lowest BCUT2D eigenvalue weighted by atomic mass is 9.92. The number of fused-ring (bicyclic) bond motifs is 1. The molecule has 0 aliphatic carbocycles. The molecule has 3 fully saturated rings. The lowest BCUT2D eigenvalue weighted by Gasteiger charge is -2.27. The van der Waals surface area contributed by atoms with Crippen LogP contribution in [0.5, 0.6) is 0 Å². The molecule has 0 saturated carbocycles. The first-order valence-corrected chi connectivity index (χ1v) is 8.96. The summed E-state index contributed by atoms with van der Waals surface area (Å²) in [6, 6.07) is 0. The first-order valence-electron chi connectivity index (χ1n) is 8.96. The molecular weight excluding hydrogens is 280 g/mol. The quantitative estimate of drug-likeness (QED) is 0.853. The van der Waals surface area contributed by atoms with Crippen LogP contribution >= 0.6 is 0 Å². The van der Waals surface area contributed by atoms with Crippen molar-refractivity contribution in [3.63, 3.8) is 0 Å². The van der Waals surface area contributed by atoms with Gasteiger partial charge < -0.3 is 19.7 Å². The van der Waals surface area contributed by atoms with Gasteiger partial charge in [0.25, 0.3) is 5.91 Å². The van der Waals surface area contributed by atoms with Gasteiger partial charge in [0.1, 0.15) is 6.10 Å². The molecule has 3 aliphatic heterocycles. The predicted octanol–water partition coefficient (Wildman–Crippen LogP) is 1.42. The van der Waals surface area contributed by atoms with E-state index in [-0.39, 0.29) is 18.1 Å². The summed E-state index contributed by atoms with van der Waals surface area (Å²) in [5, 5.41) is 3.47. The Bertz CT molecular complexity index is 357. The Morgan fingerprint density at radius 1 is 1.23 bits per heavy atom. The fraction of sp³-hybridized carbons (Fsp3) is 0.941. The maximum atomic E-state index is 12.6. The van der Waals surface area contributed by atoms with E-state index in [1.54, 1.807) is 0 Å². The molecule has 1 N–H and O–H groups in total. The van der Waals surface area contributed by atoms with Crippen LogP contribution in [0.2, 0.25) is 0 Å². The highest BCUT2D eigenvalue weighted by Crippen LogP contribution is 2.27. The number of carbonyl (C=O) groups is 1. The van der Waals surface area contributed by atoms with Gasteiger partial charge in [-0.1, -0.05) is 0 Å². The highest BCUT2D eigenvalue weighted by molar-refractivity contribution is 5.80. The summed E-state index contributed by atoms with van der Waals surface area (Å²) >= 11 is 0. The van der Waals surface area contributed by atoms with Gasteiger partial charge >= 0.3 is 0 Å². The minimum absolute atomic E-state index is 0.156. The van der Waals surface area contributed by atoms with Crippen LogP contribution in [0.1, 0.15) is 39.0 Å². The molecule has 3 saturated heterocycles. The third-order valence-corrected chi connectivity index (χ3v) is 5.48. The lowest BCUT2D eigenvalue weighted by molar-refractivity contribution is -0.146. The van der Waals surface area contributed by atoms with Crippen LogP contribution in [0, 0.1) is 11.8 Å². The van der Waals surface area contributed by atoms with Crippen LogP contribution in [0.25, 0.3) is 0 Å². The Balaban J connectivity index is 1.43. The molecular formula is C17H30N2O3. The van der Waals surface area contributed by atoms with E-state index in [4.69, 9.17) is 9.47 Å². The fourth-order valence-corrected chi connectivity index (χ4v) is 3.96. The molecule has 126 valence electrons. The molecule has 2 unspecified atom stereocenters. The number of likely N-dealkylation sites (tertiary alicyclic amines) is 1. The van der Waals surface area contributed by atoms with Gasteiger partial charge in [-0.25, -0.2) is 0 Å². The molecule has 3 aliphatic rings. The molecule has 3 rings (SSSR count). The number of rotatable bonds is 4. The second-order valence-electron chi connectivity index (χ2n) is 7.05. The lowest BCUT2D eigenvalue weighted by Crippen LogP contribution is -2.41. The molecule has 5 nitrogen and oxygen atoms in total. The fourth-order valence-electron chi connectivity index (χ4n) is 3.96. The molecule has 0 aromatic heterocycles. The third-order valence-electron chi connectivity index (χ3n) is 5.48. The SMILES string of the molecule is CC(OCC1CCCCO1)C(=O)N1CC[C@@H]2CNC[C@@H]2CC1. The highest BCUT2D eigenvalue weighted by Gasteiger charge is 2.32. The van der Waals surface area contributed by atoms with Crippen LogP contribution < -0.4 is 5.32 Å². The molecule has 1 amide bonds. The van der Waals surface area contributed by atoms with Crippen molar-refractivity contribution in [3.05, 3.63) is 0 Å². The van der Waals surface area contributed by atoms with Gasteiger partial charge in [-0.15, -0.1) is 0 Å². The van der Waals surface area contributed by atoms with E-state index in [9.17, 15) is 4.79 Å². The molecule has 0 bridgehead atoms. The van der Waals surface area contributed by atoms with Crippen molar-refractivity contribution in [2.45, 2.75) is 51.2 Å². The third kappa shape index (κ3) is 4.00. The number of carbonyl (C=O) groups excluding carboxylic acids is 1. The normalized spacial score (nSPS) is 34.0. The second kappa shape index (κ2) is 7.75. The number of hydrogen-bond acceptors (Lipinski definition) is 4. The summed E-state index contributed by atoms with van der Waals surface area (Å²) < 4.78 is 11.5. The molecule has 3 heterocycles. The van der Waals surface area contributed by atoms with Crippen LogP contribution in [0.15, 0.2) is 0 Å². The zero-order valence-electron chi connectivity index (χ0n) is 13.8. The van der Waals surface area contributed by atoms with Crippen molar-refractivity contribution in [2.75, 3.05) is 39.4 Å². The number of ether oxygens (including phenoxy) is 2. The van der Waals surface area contributed by atoms with Crippen LogP contribution in [-0.4, -0.2) is 62.4 Å². The second-order valence-corrected chi connectivity index (χ2v) is 7.05. The van der Waals surface area contributed by atoms with E-state index in [0.29, 0.717) is 6.61 Å². The van der Waals surface area contributed by atoms with Gasteiger partial charge in [0.15, 0.2) is 0 Å². The van der Waals surface area contributed by atoms with Gasteiger partial charge in [0, 0.05) is 19.7 Å². The zero-order chi connectivity index (χ0) is 15.4. The summed E-state index contributed by atoms with van der Waals surface area (Å²) in [7, 11) is 0. The summed E-state index contributed by atoms with van der Waals surface area (Å²) in [5.74, 6) is 1.66. The maximum Gasteiger partial charge on any atom is 0.251 e. The molecule has 0 radical (unpaired) electrons. The van der Waals surface area contributed by atoms with Crippen LogP contribution in [-0.2, 0) is 14.3 Å². The standard InChI is InChI=1S/C17H30N2O3/c1-13(22-12-16-4-2-3-9-21-16)17(20)19-7-5-14-10-18-11-15(14)6-8-19/h13-16,18H,2-12H2,1H3/t13?,14-,15+,16?. The Morgan fingerprint density at radius 2 is 1.95 bits per heavy atom. The predicted molar refractivity (Wildman–Crippen MR) is 84.7 cm³/mol.